The summed E-state index contributed by atoms with van der Waals surface area (Å²) in [5, 5.41) is 10.4. The largest absolute Gasteiger partial charge is 0.417 e. The molecule has 0 bridgehead atoms. The van der Waals surface area contributed by atoms with E-state index in [4.69, 9.17) is 11.6 Å². The molecule has 2 aromatic rings. The summed E-state index contributed by atoms with van der Waals surface area (Å²) in [6.45, 7) is 6.69. The smallest absolute Gasteiger partial charge is 0.350 e. The molecule has 0 saturated carbocycles. The zero-order valence-electron chi connectivity index (χ0n) is 19.4. The van der Waals surface area contributed by atoms with Crippen LogP contribution in [0.1, 0.15) is 53.6 Å². The predicted molar refractivity (Wildman–Crippen MR) is 123 cm³/mol. The summed E-state index contributed by atoms with van der Waals surface area (Å²) in [5.41, 5.74) is -1.84. The molecule has 1 aliphatic rings. The molecule has 0 aliphatic carbocycles. The molecule has 35 heavy (non-hydrogen) atoms. The van der Waals surface area contributed by atoms with E-state index in [2.05, 4.69) is 15.5 Å². The minimum atomic E-state index is -4.83. The Labute approximate surface area is 205 Å². The van der Waals surface area contributed by atoms with Crippen molar-refractivity contribution < 1.29 is 27.6 Å². The van der Waals surface area contributed by atoms with Crippen molar-refractivity contribution in [3.63, 3.8) is 0 Å². The highest BCUT2D eigenvalue weighted by Gasteiger charge is 2.39. The van der Waals surface area contributed by atoms with Crippen LogP contribution in [0.5, 0.6) is 0 Å². The number of amides is 4. The van der Waals surface area contributed by atoms with E-state index < -0.39 is 35.1 Å². The first-order valence-electron chi connectivity index (χ1n) is 11.0. The minimum absolute atomic E-state index is 0.0538. The van der Waals surface area contributed by atoms with Gasteiger partial charge in [-0.3, -0.25) is 19.4 Å². The lowest BCUT2D eigenvalue weighted by molar-refractivity contribution is -0.138. The summed E-state index contributed by atoms with van der Waals surface area (Å²) in [6, 6.07) is 4.73. The summed E-state index contributed by atoms with van der Waals surface area (Å²) >= 11 is 5.69. The van der Waals surface area contributed by atoms with Crippen LogP contribution >= 0.6 is 11.6 Å². The van der Waals surface area contributed by atoms with Crippen molar-refractivity contribution in [2.24, 2.45) is 11.8 Å². The summed E-state index contributed by atoms with van der Waals surface area (Å²) in [5.74, 6) is -0.779. The highest BCUT2D eigenvalue weighted by molar-refractivity contribution is 6.30. The Hall–Kier alpha value is -3.21. The van der Waals surface area contributed by atoms with Gasteiger partial charge in [0.05, 0.1) is 11.1 Å². The van der Waals surface area contributed by atoms with Crippen LogP contribution in [0.3, 0.4) is 0 Å². The van der Waals surface area contributed by atoms with E-state index in [0.29, 0.717) is 24.9 Å². The van der Waals surface area contributed by atoms with Crippen molar-refractivity contribution in [2.75, 3.05) is 24.5 Å². The standard InChI is InChI=1S/C23H25ClF3N5O3/c1-13(2)14(3)12-28-20(33)18-7-8-19(30-29-18)31-9-4-10-32(22(31)35)21(34)16-6-5-15(24)11-17(16)23(25,26)27/h5-8,11,13-14H,4,9-10,12H2,1-3H3,(H,28,33). The van der Waals surface area contributed by atoms with Crippen LogP contribution in [0.25, 0.3) is 0 Å². The topological polar surface area (TPSA) is 95.5 Å². The van der Waals surface area contributed by atoms with Crippen LogP contribution < -0.4 is 10.2 Å². The molecule has 0 radical (unpaired) electrons. The lowest BCUT2D eigenvalue weighted by atomic mass is 9.98. The second-order valence-electron chi connectivity index (χ2n) is 8.64. The van der Waals surface area contributed by atoms with Gasteiger partial charge in [0.15, 0.2) is 11.5 Å². The Morgan fingerprint density at radius 3 is 2.43 bits per heavy atom. The number of rotatable bonds is 6. The van der Waals surface area contributed by atoms with Gasteiger partial charge in [0, 0.05) is 24.7 Å². The van der Waals surface area contributed by atoms with Gasteiger partial charge in [0.1, 0.15) is 0 Å². The molecule has 188 valence electrons. The molecule has 12 heteroatoms. The zero-order valence-corrected chi connectivity index (χ0v) is 20.2. The van der Waals surface area contributed by atoms with Crippen molar-refractivity contribution in [2.45, 2.75) is 33.4 Å². The molecule has 1 fully saturated rings. The molecule has 2 heterocycles. The van der Waals surface area contributed by atoms with Gasteiger partial charge >= 0.3 is 12.2 Å². The number of aromatic nitrogens is 2. The number of nitrogens with zero attached hydrogens (tertiary/aromatic N) is 4. The molecule has 4 amide bonds. The van der Waals surface area contributed by atoms with Crippen molar-refractivity contribution in [1.82, 2.24) is 20.4 Å². The van der Waals surface area contributed by atoms with E-state index in [1.165, 1.54) is 12.1 Å². The SMILES string of the molecule is CC(C)C(C)CNC(=O)c1ccc(N2CCCN(C(=O)c3ccc(Cl)cc3C(F)(F)F)C2=O)nn1. The summed E-state index contributed by atoms with van der Waals surface area (Å²) in [7, 11) is 0. The van der Waals surface area contributed by atoms with Gasteiger partial charge in [-0.2, -0.15) is 13.2 Å². The molecule has 1 aliphatic heterocycles. The van der Waals surface area contributed by atoms with Crippen LogP contribution in [-0.2, 0) is 6.18 Å². The third-order valence-electron chi connectivity index (χ3n) is 5.87. The number of halogens is 4. The quantitative estimate of drug-likeness (QED) is 0.609. The Bertz CT molecular complexity index is 1110. The summed E-state index contributed by atoms with van der Waals surface area (Å²) in [6.07, 6.45) is -4.52. The van der Waals surface area contributed by atoms with Gasteiger partial charge in [0.2, 0.25) is 0 Å². The first kappa shape index (κ1) is 26.4. The zero-order chi connectivity index (χ0) is 25.9. The predicted octanol–water partition coefficient (Wildman–Crippen LogP) is 4.64. The van der Waals surface area contributed by atoms with E-state index in [0.717, 1.165) is 21.9 Å². The van der Waals surface area contributed by atoms with Crippen molar-refractivity contribution in [1.29, 1.82) is 0 Å². The van der Waals surface area contributed by atoms with E-state index in [9.17, 15) is 27.6 Å². The van der Waals surface area contributed by atoms with Gasteiger partial charge in [-0.05, 0) is 48.6 Å². The first-order valence-corrected chi connectivity index (χ1v) is 11.4. The number of alkyl halides is 3. The number of anilines is 1. The second-order valence-corrected chi connectivity index (χ2v) is 9.08. The molecule has 1 N–H and O–H groups in total. The van der Waals surface area contributed by atoms with Crippen LogP contribution in [0.2, 0.25) is 5.02 Å². The van der Waals surface area contributed by atoms with E-state index >= 15 is 0 Å². The third-order valence-corrected chi connectivity index (χ3v) is 6.11. The highest BCUT2D eigenvalue weighted by atomic mass is 35.5. The molecule has 1 saturated heterocycles. The number of carbonyl (C=O) groups is 3. The normalized spacial score (nSPS) is 15.4. The maximum absolute atomic E-state index is 13.5. The lowest BCUT2D eigenvalue weighted by Gasteiger charge is -2.33. The fourth-order valence-corrected chi connectivity index (χ4v) is 3.55. The molecule has 8 nitrogen and oxygen atoms in total. The summed E-state index contributed by atoms with van der Waals surface area (Å²) < 4.78 is 40.4. The number of urea groups is 1. The van der Waals surface area contributed by atoms with Crippen LogP contribution in [0, 0.1) is 11.8 Å². The average Bonchev–Trinajstić information content (AvgIpc) is 2.81. The number of hydrogen-bond acceptors (Lipinski definition) is 5. The molecule has 1 atom stereocenters. The highest BCUT2D eigenvalue weighted by Crippen LogP contribution is 2.35. The van der Waals surface area contributed by atoms with Crippen LogP contribution in [-0.4, -0.2) is 52.6 Å². The fraction of sp³-hybridized carbons (Fsp3) is 0.435. The van der Waals surface area contributed by atoms with Gasteiger partial charge in [0.25, 0.3) is 11.8 Å². The van der Waals surface area contributed by atoms with Crippen molar-refractivity contribution in [3.05, 3.63) is 52.2 Å². The number of imide groups is 1. The Kier molecular flexibility index (Phi) is 7.99. The number of hydrogen-bond donors (Lipinski definition) is 1. The molecule has 1 unspecified atom stereocenters. The van der Waals surface area contributed by atoms with Gasteiger partial charge < -0.3 is 5.32 Å². The Morgan fingerprint density at radius 2 is 1.83 bits per heavy atom. The van der Waals surface area contributed by atoms with E-state index in [1.807, 2.05) is 20.8 Å². The Morgan fingerprint density at radius 1 is 1.11 bits per heavy atom. The number of nitrogens with one attached hydrogen (secondary N) is 1. The maximum Gasteiger partial charge on any atom is 0.417 e. The fourth-order valence-electron chi connectivity index (χ4n) is 3.38. The second kappa shape index (κ2) is 10.6. The monoisotopic (exact) mass is 511 g/mol. The molecule has 1 aromatic carbocycles. The molecule has 0 spiro atoms. The van der Waals surface area contributed by atoms with E-state index in [1.54, 1.807) is 0 Å². The van der Waals surface area contributed by atoms with Crippen LogP contribution in [0.15, 0.2) is 30.3 Å². The maximum atomic E-state index is 13.5. The number of benzene rings is 1. The third kappa shape index (κ3) is 6.08. The summed E-state index contributed by atoms with van der Waals surface area (Å²) in [4.78, 5) is 40.1. The van der Waals surface area contributed by atoms with E-state index in [-0.39, 0.29) is 35.5 Å². The molecular weight excluding hydrogens is 487 g/mol. The Balaban J connectivity index is 1.76. The first-order chi connectivity index (χ1) is 16.4. The van der Waals surface area contributed by atoms with Gasteiger partial charge in [-0.1, -0.05) is 32.4 Å². The van der Waals surface area contributed by atoms with Gasteiger partial charge in [-0.15, -0.1) is 10.2 Å². The van der Waals surface area contributed by atoms with Gasteiger partial charge in [-0.25, -0.2) is 4.79 Å². The minimum Gasteiger partial charge on any atom is -0.350 e. The lowest BCUT2D eigenvalue weighted by Crippen LogP contribution is -2.52. The van der Waals surface area contributed by atoms with Crippen molar-refractivity contribution >= 4 is 35.3 Å². The molecule has 1 aromatic heterocycles. The number of carbonyl (C=O) groups excluding carboxylic acids is 3. The molecular formula is C23H25ClF3N5O3. The van der Waals surface area contributed by atoms with Crippen LogP contribution in [0.4, 0.5) is 23.8 Å². The van der Waals surface area contributed by atoms with Crippen molar-refractivity contribution in [3.8, 4) is 0 Å². The average molecular weight is 512 g/mol. The molecule has 3 rings (SSSR count).